The van der Waals surface area contributed by atoms with E-state index in [0.717, 1.165) is 48.9 Å². The zero-order valence-electron chi connectivity index (χ0n) is 17.7. The Morgan fingerprint density at radius 2 is 1.97 bits per heavy atom. The van der Waals surface area contributed by atoms with Crippen LogP contribution >= 0.6 is 0 Å². The number of rotatable bonds is 5. The Labute approximate surface area is 175 Å². The third-order valence-corrected chi connectivity index (χ3v) is 5.48. The number of carbonyl (C=O) groups is 1. The van der Waals surface area contributed by atoms with Crippen LogP contribution in [0.1, 0.15) is 46.8 Å². The molecule has 2 aromatic rings. The van der Waals surface area contributed by atoms with E-state index < -0.39 is 11.7 Å². The quantitative estimate of drug-likeness (QED) is 0.726. The molecule has 1 aliphatic rings. The molecule has 0 radical (unpaired) electrons. The van der Waals surface area contributed by atoms with E-state index in [0.29, 0.717) is 18.5 Å². The molecule has 1 fully saturated rings. The van der Waals surface area contributed by atoms with Crippen molar-refractivity contribution in [1.29, 1.82) is 0 Å². The van der Waals surface area contributed by atoms with E-state index in [9.17, 15) is 18.0 Å². The molecular weight excluding hydrogens is 391 g/mol. The van der Waals surface area contributed by atoms with E-state index in [-0.39, 0.29) is 11.8 Å². The van der Waals surface area contributed by atoms with Gasteiger partial charge in [-0.05, 0) is 62.1 Å². The topological polar surface area (TPSA) is 36.4 Å². The van der Waals surface area contributed by atoms with E-state index in [2.05, 4.69) is 4.90 Å². The first-order valence-corrected chi connectivity index (χ1v) is 10.2. The second kappa shape index (κ2) is 9.16. The molecule has 3 rings (SSSR count). The summed E-state index contributed by atoms with van der Waals surface area (Å²) in [6.45, 7) is 3.96. The molecule has 1 aromatic heterocycles. The van der Waals surface area contributed by atoms with Gasteiger partial charge >= 0.3 is 6.18 Å². The van der Waals surface area contributed by atoms with E-state index in [1.165, 1.54) is 12.1 Å². The predicted octanol–water partition coefficient (Wildman–Crippen LogP) is 4.27. The Hall–Kier alpha value is -2.41. The van der Waals surface area contributed by atoms with Gasteiger partial charge in [0.15, 0.2) is 0 Å². The van der Waals surface area contributed by atoms with Crippen LogP contribution < -0.4 is 0 Å². The molecule has 0 N–H and O–H groups in total. The van der Waals surface area contributed by atoms with Crippen molar-refractivity contribution in [2.45, 2.75) is 38.3 Å². The van der Waals surface area contributed by atoms with Crippen molar-refractivity contribution in [3.05, 3.63) is 64.5 Å². The molecule has 1 atom stereocenters. The monoisotopic (exact) mass is 419 g/mol. The molecule has 162 valence electrons. The number of aromatic nitrogens is 1. The fourth-order valence-electron chi connectivity index (χ4n) is 3.95. The van der Waals surface area contributed by atoms with E-state index >= 15 is 0 Å². The molecule has 1 aliphatic heterocycles. The maximum Gasteiger partial charge on any atom is 0.416 e. The number of likely N-dealkylation sites (tertiary alicyclic amines) is 1. The first-order valence-electron chi connectivity index (χ1n) is 10.2. The van der Waals surface area contributed by atoms with Crippen LogP contribution in [0.5, 0.6) is 0 Å². The van der Waals surface area contributed by atoms with Gasteiger partial charge in [-0.1, -0.05) is 18.2 Å². The number of hydrogen-bond acceptors (Lipinski definition) is 3. The number of amides is 1. The number of carbonyl (C=O) groups excluding carboxylic acids is 1. The second-order valence-corrected chi connectivity index (χ2v) is 8.28. The summed E-state index contributed by atoms with van der Waals surface area (Å²) in [7, 11) is 3.51. The van der Waals surface area contributed by atoms with Gasteiger partial charge in [0.25, 0.3) is 0 Å². The van der Waals surface area contributed by atoms with Crippen LogP contribution in [0.3, 0.4) is 0 Å². The van der Waals surface area contributed by atoms with Gasteiger partial charge in [-0.15, -0.1) is 0 Å². The minimum absolute atomic E-state index is 0.0816. The fraction of sp³-hybridized carbons (Fsp3) is 0.478. The lowest BCUT2D eigenvalue weighted by molar-refractivity contribution is -0.137. The maximum absolute atomic E-state index is 13.0. The number of piperidine rings is 1. The Kier molecular flexibility index (Phi) is 6.81. The van der Waals surface area contributed by atoms with E-state index in [1.54, 1.807) is 25.1 Å². The van der Waals surface area contributed by atoms with Gasteiger partial charge in [-0.2, -0.15) is 13.2 Å². The molecule has 0 saturated carbocycles. The van der Waals surface area contributed by atoms with E-state index in [1.807, 2.05) is 19.1 Å². The zero-order valence-corrected chi connectivity index (χ0v) is 17.7. The molecule has 1 aromatic carbocycles. The number of nitrogens with zero attached hydrogens (tertiary/aromatic N) is 3. The SMILES string of the molecule is Cc1cc(Cc2cccc(C(F)(F)F)c2)cc([C@H]2CCCN(CC(=O)N(C)C)C2)n1. The number of likely N-dealkylation sites (N-methyl/N-ethyl adjacent to an activating group) is 1. The Bertz CT molecular complexity index is 896. The van der Waals surface area contributed by atoms with Crippen molar-refractivity contribution in [3.8, 4) is 0 Å². The first kappa shape index (κ1) is 22.3. The largest absolute Gasteiger partial charge is 0.416 e. The molecule has 0 spiro atoms. The van der Waals surface area contributed by atoms with E-state index in [4.69, 9.17) is 4.98 Å². The molecule has 0 bridgehead atoms. The van der Waals surface area contributed by atoms with Crippen LogP contribution in [-0.4, -0.2) is 54.4 Å². The molecule has 1 saturated heterocycles. The third kappa shape index (κ3) is 5.81. The summed E-state index contributed by atoms with van der Waals surface area (Å²) in [6, 6.07) is 9.42. The van der Waals surface area contributed by atoms with Crippen LogP contribution in [0.25, 0.3) is 0 Å². The number of alkyl halides is 3. The Morgan fingerprint density at radius 3 is 2.67 bits per heavy atom. The minimum Gasteiger partial charge on any atom is -0.348 e. The normalized spacial score (nSPS) is 17.7. The summed E-state index contributed by atoms with van der Waals surface area (Å²) in [6.07, 6.45) is -1.93. The highest BCUT2D eigenvalue weighted by molar-refractivity contribution is 5.77. The first-order chi connectivity index (χ1) is 14.1. The maximum atomic E-state index is 13.0. The molecule has 0 aliphatic carbocycles. The average Bonchev–Trinajstić information content (AvgIpc) is 2.67. The molecule has 1 amide bonds. The highest BCUT2D eigenvalue weighted by Gasteiger charge is 2.30. The number of benzene rings is 1. The van der Waals surface area contributed by atoms with Gasteiger partial charge in [0.2, 0.25) is 5.91 Å². The summed E-state index contributed by atoms with van der Waals surface area (Å²) < 4.78 is 39.0. The standard InChI is InChI=1S/C23H28F3N3O/c1-16-10-18(11-17-6-4-8-20(12-17)23(24,25)26)13-21(27-16)19-7-5-9-29(14-19)15-22(30)28(2)3/h4,6,8,10,12-13,19H,5,7,9,11,14-15H2,1-3H3/t19-/m0/s1. The van der Waals surface area contributed by atoms with Crippen molar-refractivity contribution >= 4 is 5.91 Å². The second-order valence-electron chi connectivity index (χ2n) is 8.28. The van der Waals surface area contributed by atoms with Crippen molar-refractivity contribution in [3.63, 3.8) is 0 Å². The predicted molar refractivity (Wildman–Crippen MR) is 110 cm³/mol. The number of halogens is 3. The van der Waals surface area contributed by atoms with Crippen LogP contribution in [0.2, 0.25) is 0 Å². The van der Waals surface area contributed by atoms with Crippen molar-refractivity contribution in [2.24, 2.45) is 0 Å². The molecule has 4 nitrogen and oxygen atoms in total. The van der Waals surface area contributed by atoms with Crippen LogP contribution in [-0.2, 0) is 17.4 Å². The van der Waals surface area contributed by atoms with Crippen molar-refractivity contribution in [1.82, 2.24) is 14.8 Å². The van der Waals surface area contributed by atoms with Crippen molar-refractivity contribution in [2.75, 3.05) is 33.7 Å². The van der Waals surface area contributed by atoms with Gasteiger partial charge in [-0.3, -0.25) is 14.7 Å². The molecule has 2 heterocycles. The lowest BCUT2D eigenvalue weighted by Gasteiger charge is -2.32. The summed E-state index contributed by atoms with van der Waals surface area (Å²) in [5.74, 6) is 0.298. The summed E-state index contributed by atoms with van der Waals surface area (Å²) in [4.78, 5) is 20.5. The Morgan fingerprint density at radius 1 is 1.20 bits per heavy atom. The summed E-state index contributed by atoms with van der Waals surface area (Å²) >= 11 is 0. The zero-order chi connectivity index (χ0) is 21.9. The number of pyridine rings is 1. The van der Waals surface area contributed by atoms with Gasteiger partial charge in [-0.25, -0.2) is 0 Å². The summed E-state index contributed by atoms with van der Waals surface area (Å²) in [5.41, 5.74) is 2.77. The minimum atomic E-state index is -4.34. The van der Waals surface area contributed by atoms with Crippen LogP contribution in [0.15, 0.2) is 36.4 Å². The fourth-order valence-corrected chi connectivity index (χ4v) is 3.95. The average molecular weight is 419 g/mol. The molecule has 7 heteroatoms. The Balaban J connectivity index is 1.76. The molecular formula is C23H28F3N3O. The van der Waals surface area contributed by atoms with Gasteiger partial charge in [0.05, 0.1) is 12.1 Å². The number of aryl methyl sites for hydroxylation is 1. The van der Waals surface area contributed by atoms with Crippen LogP contribution in [0.4, 0.5) is 13.2 Å². The highest BCUT2D eigenvalue weighted by atomic mass is 19.4. The summed E-state index contributed by atoms with van der Waals surface area (Å²) in [5, 5.41) is 0. The molecule has 0 unspecified atom stereocenters. The van der Waals surface area contributed by atoms with Gasteiger partial charge in [0, 0.05) is 37.9 Å². The highest BCUT2D eigenvalue weighted by Crippen LogP contribution is 2.31. The van der Waals surface area contributed by atoms with Crippen molar-refractivity contribution < 1.29 is 18.0 Å². The number of hydrogen-bond donors (Lipinski definition) is 0. The molecule has 30 heavy (non-hydrogen) atoms. The lowest BCUT2D eigenvalue weighted by Crippen LogP contribution is -2.41. The van der Waals surface area contributed by atoms with Crippen LogP contribution in [0, 0.1) is 6.92 Å². The third-order valence-electron chi connectivity index (χ3n) is 5.48. The van der Waals surface area contributed by atoms with Gasteiger partial charge in [0.1, 0.15) is 0 Å². The smallest absolute Gasteiger partial charge is 0.348 e. The lowest BCUT2D eigenvalue weighted by atomic mass is 9.92. The van der Waals surface area contributed by atoms with Gasteiger partial charge < -0.3 is 4.90 Å².